The Morgan fingerprint density at radius 3 is 2.35 bits per heavy atom. The molecule has 2 aromatic carbocycles. The molecule has 0 heterocycles. The summed E-state index contributed by atoms with van der Waals surface area (Å²) in [6, 6.07) is 12.6. The third kappa shape index (κ3) is 4.63. The van der Waals surface area contributed by atoms with Gasteiger partial charge in [-0.1, -0.05) is 55.2 Å². The standard InChI is InChI=1S/C18H19Cl2NO2/c1-11(2)17(18(22)21-13-7-5-4-6-8-13)23-16-9-12(3)14(19)10-15(16)20/h4-11,17H,1-3H3,(H,21,22). The van der Waals surface area contributed by atoms with Crippen LogP contribution < -0.4 is 10.1 Å². The number of anilines is 1. The Labute approximate surface area is 146 Å². The summed E-state index contributed by atoms with van der Waals surface area (Å²) in [6.45, 7) is 5.71. The van der Waals surface area contributed by atoms with Gasteiger partial charge in [0.1, 0.15) is 5.75 Å². The maximum atomic E-state index is 12.5. The van der Waals surface area contributed by atoms with E-state index >= 15 is 0 Å². The van der Waals surface area contributed by atoms with Gasteiger partial charge in [0, 0.05) is 10.7 Å². The fourth-order valence-electron chi connectivity index (χ4n) is 2.09. The van der Waals surface area contributed by atoms with Crippen LogP contribution in [0.2, 0.25) is 10.0 Å². The number of rotatable bonds is 5. The van der Waals surface area contributed by atoms with E-state index in [1.165, 1.54) is 0 Å². The third-order valence-electron chi connectivity index (χ3n) is 3.37. The number of carbonyl (C=O) groups is 1. The van der Waals surface area contributed by atoms with E-state index in [1.807, 2.05) is 51.1 Å². The van der Waals surface area contributed by atoms with Gasteiger partial charge in [-0.15, -0.1) is 0 Å². The van der Waals surface area contributed by atoms with Crippen molar-refractivity contribution in [2.24, 2.45) is 5.92 Å². The number of carbonyl (C=O) groups excluding carboxylic acids is 1. The van der Waals surface area contributed by atoms with Crippen molar-refractivity contribution in [3.05, 3.63) is 58.1 Å². The smallest absolute Gasteiger partial charge is 0.265 e. The van der Waals surface area contributed by atoms with Crippen molar-refractivity contribution in [1.82, 2.24) is 0 Å². The number of halogens is 2. The van der Waals surface area contributed by atoms with E-state index in [9.17, 15) is 4.79 Å². The van der Waals surface area contributed by atoms with Crippen molar-refractivity contribution in [2.45, 2.75) is 26.9 Å². The summed E-state index contributed by atoms with van der Waals surface area (Å²) < 4.78 is 5.87. The molecular formula is C18H19Cl2NO2. The van der Waals surface area contributed by atoms with Gasteiger partial charge in [-0.25, -0.2) is 0 Å². The molecule has 1 unspecified atom stereocenters. The highest BCUT2D eigenvalue weighted by Crippen LogP contribution is 2.32. The molecule has 1 amide bonds. The summed E-state index contributed by atoms with van der Waals surface area (Å²) in [5.74, 6) is 0.219. The summed E-state index contributed by atoms with van der Waals surface area (Å²) in [5, 5.41) is 3.81. The summed E-state index contributed by atoms with van der Waals surface area (Å²) >= 11 is 12.2. The molecule has 1 atom stereocenters. The van der Waals surface area contributed by atoms with Crippen molar-refractivity contribution in [1.29, 1.82) is 0 Å². The van der Waals surface area contributed by atoms with E-state index in [0.29, 0.717) is 15.8 Å². The van der Waals surface area contributed by atoms with Crippen LogP contribution in [0.3, 0.4) is 0 Å². The number of hydrogen-bond acceptors (Lipinski definition) is 2. The first-order valence-corrected chi connectivity index (χ1v) is 8.12. The van der Waals surface area contributed by atoms with Gasteiger partial charge >= 0.3 is 0 Å². The number of nitrogens with one attached hydrogen (secondary N) is 1. The van der Waals surface area contributed by atoms with Crippen molar-refractivity contribution in [3.8, 4) is 5.75 Å². The first-order chi connectivity index (χ1) is 10.9. The van der Waals surface area contributed by atoms with Gasteiger partial charge in [0.25, 0.3) is 5.91 Å². The summed E-state index contributed by atoms with van der Waals surface area (Å²) in [6.07, 6.45) is -0.659. The number of hydrogen-bond donors (Lipinski definition) is 1. The van der Waals surface area contributed by atoms with Gasteiger partial charge in [-0.3, -0.25) is 4.79 Å². The van der Waals surface area contributed by atoms with E-state index in [4.69, 9.17) is 27.9 Å². The molecule has 0 aliphatic carbocycles. The maximum absolute atomic E-state index is 12.5. The van der Waals surface area contributed by atoms with E-state index in [1.54, 1.807) is 12.1 Å². The number of ether oxygens (including phenoxy) is 1. The summed E-state index contributed by atoms with van der Waals surface area (Å²) in [5.41, 5.74) is 1.57. The molecule has 0 radical (unpaired) electrons. The Hall–Kier alpha value is -1.71. The van der Waals surface area contributed by atoms with Crippen LogP contribution in [0.15, 0.2) is 42.5 Å². The van der Waals surface area contributed by atoms with E-state index in [-0.39, 0.29) is 11.8 Å². The first-order valence-electron chi connectivity index (χ1n) is 7.36. The molecule has 2 rings (SSSR count). The highest BCUT2D eigenvalue weighted by molar-refractivity contribution is 6.36. The molecule has 0 spiro atoms. The molecule has 0 bridgehead atoms. The van der Waals surface area contributed by atoms with Gasteiger partial charge in [-0.05, 0) is 42.7 Å². The molecule has 122 valence electrons. The molecule has 3 nitrogen and oxygen atoms in total. The van der Waals surface area contributed by atoms with Crippen molar-refractivity contribution < 1.29 is 9.53 Å². The van der Waals surface area contributed by atoms with E-state index in [0.717, 1.165) is 11.3 Å². The van der Waals surface area contributed by atoms with Gasteiger partial charge < -0.3 is 10.1 Å². The quantitative estimate of drug-likeness (QED) is 0.788. The highest BCUT2D eigenvalue weighted by Gasteiger charge is 2.25. The molecule has 1 N–H and O–H groups in total. The number of para-hydroxylation sites is 1. The zero-order valence-corrected chi connectivity index (χ0v) is 14.8. The SMILES string of the molecule is Cc1cc(OC(C(=O)Nc2ccccc2)C(C)C)c(Cl)cc1Cl. The van der Waals surface area contributed by atoms with Crippen LogP contribution in [0.5, 0.6) is 5.75 Å². The van der Waals surface area contributed by atoms with Crippen LogP contribution in [-0.2, 0) is 4.79 Å². The summed E-state index contributed by atoms with van der Waals surface area (Å²) in [7, 11) is 0. The number of benzene rings is 2. The molecule has 0 aliphatic rings. The second-order valence-electron chi connectivity index (χ2n) is 5.67. The Morgan fingerprint density at radius 2 is 1.74 bits per heavy atom. The number of amides is 1. The van der Waals surface area contributed by atoms with Crippen molar-refractivity contribution in [2.75, 3.05) is 5.32 Å². The van der Waals surface area contributed by atoms with E-state index < -0.39 is 6.10 Å². The average Bonchev–Trinajstić information content (AvgIpc) is 2.50. The van der Waals surface area contributed by atoms with Crippen LogP contribution in [0.4, 0.5) is 5.69 Å². The molecule has 2 aromatic rings. The lowest BCUT2D eigenvalue weighted by Crippen LogP contribution is -2.37. The zero-order chi connectivity index (χ0) is 17.0. The second kappa shape index (κ2) is 7.71. The monoisotopic (exact) mass is 351 g/mol. The zero-order valence-electron chi connectivity index (χ0n) is 13.3. The second-order valence-corrected chi connectivity index (χ2v) is 6.48. The fourth-order valence-corrected chi connectivity index (χ4v) is 2.51. The van der Waals surface area contributed by atoms with Gasteiger partial charge in [0.15, 0.2) is 6.10 Å². The minimum absolute atomic E-state index is 0.0224. The Kier molecular flexibility index (Phi) is 5.91. The van der Waals surface area contributed by atoms with Crippen LogP contribution in [-0.4, -0.2) is 12.0 Å². The lowest BCUT2D eigenvalue weighted by Gasteiger charge is -2.23. The number of aryl methyl sites for hydroxylation is 1. The predicted molar refractivity (Wildman–Crippen MR) is 95.5 cm³/mol. The van der Waals surface area contributed by atoms with Crippen LogP contribution in [0, 0.1) is 12.8 Å². The Bertz CT molecular complexity index is 687. The fraction of sp³-hybridized carbons (Fsp3) is 0.278. The van der Waals surface area contributed by atoms with Gasteiger partial charge in [0.2, 0.25) is 0 Å². The van der Waals surface area contributed by atoms with Gasteiger partial charge in [0.05, 0.1) is 5.02 Å². The minimum Gasteiger partial charge on any atom is -0.479 e. The topological polar surface area (TPSA) is 38.3 Å². The lowest BCUT2D eigenvalue weighted by atomic mass is 10.1. The molecule has 23 heavy (non-hydrogen) atoms. The van der Waals surface area contributed by atoms with Crippen LogP contribution >= 0.6 is 23.2 Å². The highest BCUT2D eigenvalue weighted by atomic mass is 35.5. The maximum Gasteiger partial charge on any atom is 0.265 e. The molecule has 0 aliphatic heterocycles. The molecule has 0 saturated carbocycles. The molecule has 0 saturated heterocycles. The van der Waals surface area contributed by atoms with Crippen LogP contribution in [0.25, 0.3) is 0 Å². The molecule has 0 fully saturated rings. The largest absolute Gasteiger partial charge is 0.479 e. The lowest BCUT2D eigenvalue weighted by molar-refractivity contribution is -0.124. The molecule has 0 aromatic heterocycles. The average molecular weight is 352 g/mol. The van der Waals surface area contributed by atoms with Crippen molar-refractivity contribution in [3.63, 3.8) is 0 Å². The van der Waals surface area contributed by atoms with E-state index in [2.05, 4.69) is 5.32 Å². The predicted octanol–water partition coefficient (Wildman–Crippen LogP) is 5.34. The first kappa shape index (κ1) is 17.6. The minimum atomic E-state index is -0.659. The summed E-state index contributed by atoms with van der Waals surface area (Å²) in [4.78, 5) is 12.5. The molecule has 5 heteroatoms. The normalized spacial score (nSPS) is 12.1. The van der Waals surface area contributed by atoms with Gasteiger partial charge in [-0.2, -0.15) is 0 Å². The van der Waals surface area contributed by atoms with Crippen molar-refractivity contribution >= 4 is 34.8 Å². The van der Waals surface area contributed by atoms with Crippen LogP contribution in [0.1, 0.15) is 19.4 Å². The third-order valence-corrected chi connectivity index (χ3v) is 4.07. The molecular weight excluding hydrogens is 333 g/mol. The Morgan fingerprint density at radius 1 is 1.09 bits per heavy atom. The Balaban J connectivity index is 2.19.